The molecule has 4 N–H and O–H groups in total. The minimum absolute atomic E-state index is 1.01. The van der Waals surface area contributed by atoms with Crippen LogP contribution in [0.1, 0.15) is 11.1 Å². The van der Waals surface area contributed by atoms with E-state index in [0.29, 0.717) is 0 Å². The Kier molecular flexibility index (Phi) is 2.46. The van der Waals surface area contributed by atoms with Gasteiger partial charge in [-0.15, -0.1) is 0 Å². The van der Waals surface area contributed by atoms with Gasteiger partial charge in [0.15, 0.2) is 0 Å². The summed E-state index contributed by atoms with van der Waals surface area (Å²) in [6.07, 6.45) is 0. The zero-order valence-electron chi connectivity index (χ0n) is 6.81. The van der Waals surface area contributed by atoms with Crippen LogP contribution in [-0.4, -0.2) is 0 Å². The van der Waals surface area contributed by atoms with Crippen LogP contribution in [0.4, 0.5) is 5.69 Å². The maximum Gasteiger partial charge on any atom is 0.0530 e. The van der Waals surface area contributed by atoms with E-state index in [1.54, 1.807) is 0 Å². The Balaban J connectivity index is 2.90. The first-order valence-electron chi connectivity index (χ1n) is 3.53. The van der Waals surface area contributed by atoms with Gasteiger partial charge in [-0.1, -0.05) is 17.7 Å². The average Bonchev–Trinajstić information content (AvgIpc) is 1.95. The van der Waals surface area contributed by atoms with Crippen molar-refractivity contribution in [3.8, 4) is 0 Å². The van der Waals surface area contributed by atoms with Crippen LogP contribution >= 0.6 is 0 Å². The maximum absolute atomic E-state index is 5.11. The lowest BCUT2D eigenvalue weighted by Gasteiger charge is -2.07. The van der Waals surface area contributed by atoms with E-state index in [4.69, 9.17) is 5.84 Å². The van der Waals surface area contributed by atoms with Crippen LogP contribution in [0, 0.1) is 13.8 Å². The van der Waals surface area contributed by atoms with Gasteiger partial charge < -0.3 is 5.43 Å². The van der Waals surface area contributed by atoms with E-state index >= 15 is 0 Å². The molecule has 1 rings (SSSR count). The molecule has 0 saturated carbocycles. The number of hydrazine groups is 2. The summed E-state index contributed by atoms with van der Waals surface area (Å²) in [6, 6.07) is 6.12. The molecule has 60 valence electrons. The number of hydrogen-bond donors (Lipinski definition) is 3. The molecule has 0 fully saturated rings. The van der Waals surface area contributed by atoms with Crippen LogP contribution in [0.25, 0.3) is 0 Å². The summed E-state index contributed by atoms with van der Waals surface area (Å²) in [7, 11) is 0. The summed E-state index contributed by atoms with van der Waals surface area (Å²) < 4.78 is 0. The minimum Gasteiger partial charge on any atom is -0.308 e. The fourth-order valence-corrected chi connectivity index (χ4v) is 1.03. The molecular weight excluding hydrogens is 138 g/mol. The first-order chi connectivity index (χ1) is 5.24. The molecule has 0 heterocycles. The van der Waals surface area contributed by atoms with Gasteiger partial charge in [0.25, 0.3) is 0 Å². The van der Waals surface area contributed by atoms with Gasteiger partial charge in [-0.05, 0) is 25.5 Å². The third-order valence-corrected chi connectivity index (χ3v) is 1.59. The molecule has 0 atom stereocenters. The van der Waals surface area contributed by atoms with Gasteiger partial charge in [0.1, 0.15) is 0 Å². The van der Waals surface area contributed by atoms with E-state index in [9.17, 15) is 0 Å². The number of rotatable bonds is 2. The second-order valence-corrected chi connectivity index (χ2v) is 2.59. The normalized spacial score (nSPS) is 9.73. The van der Waals surface area contributed by atoms with Gasteiger partial charge in [0.2, 0.25) is 0 Å². The van der Waals surface area contributed by atoms with Crippen LogP contribution in [0.5, 0.6) is 0 Å². The van der Waals surface area contributed by atoms with Gasteiger partial charge >= 0.3 is 0 Å². The molecule has 0 aliphatic heterocycles. The van der Waals surface area contributed by atoms with E-state index in [2.05, 4.69) is 24.0 Å². The molecule has 0 spiro atoms. The van der Waals surface area contributed by atoms with Crippen LogP contribution in [0.2, 0.25) is 0 Å². The SMILES string of the molecule is Cc1ccc(NNN)c(C)c1. The molecule has 0 aliphatic rings. The second-order valence-electron chi connectivity index (χ2n) is 2.59. The van der Waals surface area contributed by atoms with Crippen molar-refractivity contribution in [2.24, 2.45) is 5.84 Å². The molecular formula is C8H13N3. The Hall–Kier alpha value is -1.06. The van der Waals surface area contributed by atoms with Gasteiger partial charge in [0, 0.05) is 0 Å². The average molecular weight is 151 g/mol. The number of anilines is 1. The van der Waals surface area contributed by atoms with Crippen LogP contribution in [0.15, 0.2) is 18.2 Å². The van der Waals surface area contributed by atoms with Crippen LogP contribution < -0.4 is 16.8 Å². The first-order valence-corrected chi connectivity index (χ1v) is 3.53. The van der Waals surface area contributed by atoms with Gasteiger partial charge in [-0.2, -0.15) is 5.53 Å². The quantitative estimate of drug-likeness (QED) is 0.438. The molecule has 3 nitrogen and oxygen atoms in total. The number of benzene rings is 1. The maximum atomic E-state index is 5.11. The standard InChI is InChI=1S/C8H13N3/c1-6-3-4-8(10-11-9)7(2)5-6/h3-5,10-11H,9H2,1-2H3. The summed E-state index contributed by atoms with van der Waals surface area (Å²) in [4.78, 5) is 0. The van der Waals surface area contributed by atoms with E-state index < -0.39 is 0 Å². The predicted octanol–water partition coefficient (Wildman–Crippen LogP) is 1.09. The van der Waals surface area contributed by atoms with Crippen molar-refractivity contribution in [2.45, 2.75) is 13.8 Å². The third-order valence-electron chi connectivity index (χ3n) is 1.59. The molecule has 3 heteroatoms. The number of nitrogens with two attached hydrogens (primary N) is 1. The van der Waals surface area contributed by atoms with E-state index in [0.717, 1.165) is 5.69 Å². The van der Waals surface area contributed by atoms with Gasteiger partial charge in [-0.25, -0.2) is 0 Å². The highest BCUT2D eigenvalue weighted by atomic mass is 15.5. The fraction of sp³-hybridized carbons (Fsp3) is 0.250. The third kappa shape index (κ3) is 1.93. The second kappa shape index (κ2) is 3.37. The highest BCUT2D eigenvalue weighted by molar-refractivity contribution is 5.50. The largest absolute Gasteiger partial charge is 0.308 e. The van der Waals surface area contributed by atoms with Crippen LogP contribution in [-0.2, 0) is 0 Å². The Morgan fingerprint density at radius 1 is 1.27 bits per heavy atom. The van der Waals surface area contributed by atoms with Gasteiger partial charge in [-0.3, -0.25) is 5.84 Å². The van der Waals surface area contributed by atoms with Crippen molar-refractivity contribution >= 4 is 5.69 Å². The summed E-state index contributed by atoms with van der Waals surface area (Å²) in [5.74, 6) is 5.11. The Morgan fingerprint density at radius 3 is 2.55 bits per heavy atom. The highest BCUT2D eigenvalue weighted by Crippen LogP contribution is 2.14. The first kappa shape index (κ1) is 8.04. The molecule has 11 heavy (non-hydrogen) atoms. The van der Waals surface area contributed by atoms with E-state index in [-0.39, 0.29) is 0 Å². The molecule has 0 bridgehead atoms. The van der Waals surface area contributed by atoms with Crippen molar-refractivity contribution < 1.29 is 0 Å². The van der Waals surface area contributed by atoms with Crippen molar-refractivity contribution in [3.63, 3.8) is 0 Å². The monoisotopic (exact) mass is 151 g/mol. The number of nitrogens with one attached hydrogen (secondary N) is 2. The smallest absolute Gasteiger partial charge is 0.0530 e. The molecule has 0 amide bonds. The van der Waals surface area contributed by atoms with E-state index in [1.165, 1.54) is 11.1 Å². The molecule has 0 radical (unpaired) electrons. The highest BCUT2D eigenvalue weighted by Gasteiger charge is 1.94. The lowest BCUT2D eigenvalue weighted by Crippen LogP contribution is -2.29. The van der Waals surface area contributed by atoms with Crippen molar-refractivity contribution in [1.82, 2.24) is 5.53 Å². The zero-order valence-corrected chi connectivity index (χ0v) is 6.81. The minimum atomic E-state index is 1.01. The molecule has 0 unspecified atom stereocenters. The molecule has 1 aromatic carbocycles. The lowest BCUT2D eigenvalue weighted by atomic mass is 10.1. The van der Waals surface area contributed by atoms with Gasteiger partial charge in [0.05, 0.1) is 5.69 Å². The zero-order chi connectivity index (χ0) is 8.27. The summed E-state index contributed by atoms with van der Waals surface area (Å²) in [5, 5.41) is 0. The Bertz CT molecular complexity index is 245. The van der Waals surface area contributed by atoms with Crippen molar-refractivity contribution in [2.75, 3.05) is 5.43 Å². The Morgan fingerprint density at radius 2 is 2.00 bits per heavy atom. The Labute approximate surface area is 66.5 Å². The van der Waals surface area contributed by atoms with Crippen molar-refractivity contribution in [1.29, 1.82) is 0 Å². The summed E-state index contributed by atoms with van der Waals surface area (Å²) in [6.45, 7) is 4.10. The summed E-state index contributed by atoms with van der Waals surface area (Å²) in [5.41, 5.74) is 8.68. The predicted molar refractivity (Wildman–Crippen MR) is 46.9 cm³/mol. The fourth-order valence-electron chi connectivity index (χ4n) is 1.03. The molecule has 0 aromatic heterocycles. The van der Waals surface area contributed by atoms with Crippen LogP contribution in [0.3, 0.4) is 0 Å². The van der Waals surface area contributed by atoms with Crippen molar-refractivity contribution in [3.05, 3.63) is 29.3 Å². The molecule has 0 saturated heterocycles. The molecule has 1 aromatic rings. The summed E-state index contributed by atoms with van der Waals surface area (Å²) >= 11 is 0. The molecule has 0 aliphatic carbocycles. The number of aryl methyl sites for hydroxylation is 2. The number of hydrogen-bond acceptors (Lipinski definition) is 3. The topological polar surface area (TPSA) is 50.1 Å². The lowest BCUT2D eigenvalue weighted by molar-refractivity contribution is 0.873. The van der Waals surface area contributed by atoms with E-state index in [1.807, 2.05) is 19.1 Å².